The van der Waals surface area contributed by atoms with Gasteiger partial charge in [-0.05, 0) is 12.1 Å². The summed E-state index contributed by atoms with van der Waals surface area (Å²) in [7, 11) is 0. The zero-order valence-electron chi connectivity index (χ0n) is 10.3. The third-order valence-corrected chi connectivity index (χ3v) is 2.96. The van der Waals surface area contributed by atoms with Crippen LogP contribution in [-0.2, 0) is 9.53 Å². The number of carbonyl (C=O) groups is 2. The molecule has 2 rings (SSSR count). The third kappa shape index (κ3) is 3.19. The van der Waals surface area contributed by atoms with Crippen molar-refractivity contribution in [3.63, 3.8) is 0 Å². The summed E-state index contributed by atoms with van der Waals surface area (Å²) in [5, 5.41) is 8.90. The lowest BCUT2D eigenvalue weighted by molar-refractivity contribution is -0.138. The van der Waals surface area contributed by atoms with E-state index in [1.165, 1.54) is 12.3 Å². The van der Waals surface area contributed by atoms with Gasteiger partial charge in [0.05, 0.1) is 25.7 Å². The maximum Gasteiger partial charge on any atom is 0.305 e. The van der Waals surface area contributed by atoms with E-state index < -0.39 is 11.9 Å². The minimum atomic E-state index is -0.897. The largest absolute Gasteiger partial charge is 0.481 e. The first kappa shape index (κ1) is 13.3. The number of anilines is 1. The van der Waals surface area contributed by atoms with Crippen LogP contribution in [0.3, 0.4) is 0 Å². The number of carboxylic acids is 1. The molecule has 1 fully saturated rings. The van der Waals surface area contributed by atoms with E-state index in [1.54, 1.807) is 6.07 Å². The van der Waals surface area contributed by atoms with Crippen molar-refractivity contribution in [1.82, 2.24) is 4.98 Å². The van der Waals surface area contributed by atoms with Crippen molar-refractivity contribution in [3.8, 4) is 0 Å². The van der Waals surface area contributed by atoms with Crippen molar-refractivity contribution in [1.29, 1.82) is 0 Å². The molecule has 102 valence electrons. The van der Waals surface area contributed by atoms with E-state index in [4.69, 9.17) is 15.6 Å². The Morgan fingerprint density at radius 1 is 1.58 bits per heavy atom. The predicted octanol–water partition coefficient (Wildman–Crippen LogP) is -0.140. The van der Waals surface area contributed by atoms with E-state index in [9.17, 15) is 9.59 Å². The Labute approximate surface area is 110 Å². The number of ether oxygens (including phenoxy) is 1. The van der Waals surface area contributed by atoms with Gasteiger partial charge in [-0.3, -0.25) is 9.59 Å². The molecule has 0 spiro atoms. The van der Waals surface area contributed by atoms with Crippen LogP contribution in [0.2, 0.25) is 0 Å². The Kier molecular flexibility index (Phi) is 3.96. The lowest BCUT2D eigenvalue weighted by atomic mass is 10.1. The van der Waals surface area contributed by atoms with Gasteiger partial charge in [-0.25, -0.2) is 4.98 Å². The summed E-state index contributed by atoms with van der Waals surface area (Å²) in [4.78, 5) is 28.0. The van der Waals surface area contributed by atoms with Crippen molar-refractivity contribution >= 4 is 17.7 Å². The van der Waals surface area contributed by atoms with Crippen LogP contribution < -0.4 is 10.6 Å². The molecule has 0 aromatic carbocycles. The van der Waals surface area contributed by atoms with Gasteiger partial charge in [0.2, 0.25) is 5.91 Å². The number of nitrogens with two attached hydrogens (primary N) is 1. The van der Waals surface area contributed by atoms with E-state index in [2.05, 4.69) is 4.98 Å². The number of morpholine rings is 1. The fraction of sp³-hybridized carbons (Fsp3) is 0.417. The number of primary amides is 1. The summed E-state index contributed by atoms with van der Waals surface area (Å²) in [6, 6.07) is 2.81. The molecule has 1 aliphatic rings. The first-order valence-corrected chi connectivity index (χ1v) is 5.90. The number of aliphatic carboxylic acids is 1. The molecular weight excluding hydrogens is 250 g/mol. The van der Waals surface area contributed by atoms with Crippen molar-refractivity contribution in [2.45, 2.75) is 12.5 Å². The predicted molar refractivity (Wildman–Crippen MR) is 67.0 cm³/mol. The molecule has 1 amide bonds. The number of hydrogen-bond donors (Lipinski definition) is 2. The molecule has 1 saturated heterocycles. The minimum absolute atomic E-state index is 0.0392. The van der Waals surface area contributed by atoms with E-state index in [0.29, 0.717) is 31.1 Å². The van der Waals surface area contributed by atoms with Crippen LogP contribution in [0.4, 0.5) is 5.82 Å². The SMILES string of the molecule is NC(=O)c1ccnc(N2CCOCC2CC(=O)O)c1. The molecule has 7 heteroatoms. The van der Waals surface area contributed by atoms with Crippen LogP contribution in [-0.4, -0.2) is 47.8 Å². The number of rotatable bonds is 4. The smallest absolute Gasteiger partial charge is 0.305 e. The van der Waals surface area contributed by atoms with Gasteiger partial charge in [0.25, 0.3) is 0 Å². The van der Waals surface area contributed by atoms with Crippen molar-refractivity contribution in [2.24, 2.45) is 5.73 Å². The fourth-order valence-electron chi connectivity index (χ4n) is 2.06. The maximum absolute atomic E-state index is 11.2. The molecule has 19 heavy (non-hydrogen) atoms. The molecule has 0 radical (unpaired) electrons. The molecular formula is C12H15N3O4. The Hall–Kier alpha value is -2.15. The van der Waals surface area contributed by atoms with Crippen LogP contribution in [0, 0.1) is 0 Å². The van der Waals surface area contributed by atoms with Gasteiger partial charge in [0.15, 0.2) is 0 Å². The van der Waals surface area contributed by atoms with Gasteiger partial charge in [-0.2, -0.15) is 0 Å². The van der Waals surface area contributed by atoms with Crippen molar-refractivity contribution in [3.05, 3.63) is 23.9 Å². The number of carboxylic acid groups (broad SMARTS) is 1. The van der Waals surface area contributed by atoms with Crippen molar-refractivity contribution in [2.75, 3.05) is 24.7 Å². The second-order valence-corrected chi connectivity index (χ2v) is 4.29. The average Bonchev–Trinajstić information content (AvgIpc) is 2.39. The van der Waals surface area contributed by atoms with Crippen LogP contribution in [0.15, 0.2) is 18.3 Å². The summed E-state index contributed by atoms with van der Waals surface area (Å²) >= 11 is 0. The van der Waals surface area contributed by atoms with Gasteiger partial charge in [-0.15, -0.1) is 0 Å². The highest BCUT2D eigenvalue weighted by Gasteiger charge is 2.26. The Bertz CT molecular complexity index is 492. The number of carbonyl (C=O) groups excluding carboxylic acids is 1. The molecule has 0 aliphatic carbocycles. The molecule has 7 nitrogen and oxygen atoms in total. The highest BCUT2D eigenvalue weighted by atomic mass is 16.5. The molecule has 1 atom stereocenters. The van der Waals surface area contributed by atoms with E-state index >= 15 is 0 Å². The highest BCUT2D eigenvalue weighted by Crippen LogP contribution is 2.20. The summed E-state index contributed by atoms with van der Waals surface area (Å²) in [5.41, 5.74) is 5.58. The lowest BCUT2D eigenvalue weighted by Gasteiger charge is -2.35. The number of aromatic nitrogens is 1. The summed E-state index contributed by atoms with van der Waals surface area (Å²) in [6.07, 6.45) is 1.45. The Morgan fingerprint density at radius 3 is 3.05 bits per heavy atom. The Morgan fingerprint density at radius 2 is 2.37 bits per heavy atom. The monoisotopic (exact) mass is 265 g/mol. The normalized spacial score (nSPS) is 19.2. The van der Waals surface area contributed by atoms with Gasteiger partial charge in [0.1, 0.15) is 5.82 Å². The number of pyridine rings is 1. The zero-order valence-corrected chi connectivity index (χ0v) is 10.3. The van der Waals surface area contributed by atoms with Crippen LogP contribution >= 0.6 is 0 Å². The minimum Gasteiger partial charge on any atom is -0.481 e. The number of nitrogens with zero attached hydrogens (tertiary/aromatic N) is 2. The third-order valence-electron chi connectivity index (χ3n) is 2.96. The standard InChI is InChI=1S/C12H15N3O4/c13-12(18)8-1-2-14-10(5-8)15-3-4-19-7-9(15)6-11(16)17/h1-2,5,9H,3-4,6-7H2,(H2,13,18)(H,16,17). The van der Waals surface area contributed by atoms with Gasteiger partial charge >= 0.3 is 5.97 Å². The molecule has 1 aliphatic heterocycles. The first-order chi connectivity index (χ1) is 9.08. The fourth-order valence-corrected chi connectivity index (χ4v) is 2.06. The summed E-state index contributed by atoms with van der Waals surface area (Å²) < 4.78 is 5.29. The molecule has 1 aromatic heterocycles. The zero-order chi connectivity index (χ0) is 13.8. The van der Waals surface area contributed by atoms with Crippen molar-refractivity contribution < 1.29 is 19.4 Å². The quantitative estimate of drug-likeness (QED) is 0.785. The molecule has 3 N–H and O–H groups in total. The molecule has 1 unspecified atom stereocenters. The molecule has 2 heterocycles. The number of amides is 1. The molecule has 0 bridgehead atoms. The summed E-state index contributed by atoms with van der Waals surface area (Å²) in [6.45, 7) is 1.36. The summed E-state index contributed by atoms with van der Waals surface area (Å²) in [5.74, 6) is -0.885. The van der Waals surface area contributed by atoms with Crippen LogP contribution in [0.25, 0.3) is 0 Å². The van der Waals surface area contributed by atoms with Gasteiger partial charge < -0.3 is 20.5 Å². The maximum atomic E-state index is 11.2. The van der Waals surface area contributed by atoms with E-state index in [1.807, 2.05) is 4.90 Å². The number of hydrogen-bond acceptors (Lipinski definition) is 5. The molecule has 0 saturated carbocycles. The first-order valence-electron chi connectivity index (χ1n) is 5.90. The topological polar surface area (TPSA) is 106 Å². The van der Waals surface area contributed by atoms with Gasteiger partial charge in [-0.1, -0.05) is 0 Å². The second kappa shape index (κ2) is 5.66. The van der Waals surface area contributed by atoms with E-state index in [-0.39, 0.29) is 12.5 Å². The van der Waals surface area contributed by atoms with Crippen LogP contribution in [0.5, 0.6) is 0 Å². The highest BCUT2D eigenvalue weighted by molar-refractivity contribution is 5.93. The lowest BCUT2D eigenvalue weighted by Crippen LogP contribution is -2.47. The van der Waals surface area contributed by atoms with Crippen LogP contribution in [0.1, 0.15) is 16.8 Å². The van der Waals surface area contributed by atoms with Gasteiger partial charge in [0, 0.05) is 18.3 Å². The average molecular weight is 265 g/mol. The Balaban J connectivity index is 2.24. The second-order valence-electron chi connectivity index (χ2n) is 4.29. The van der Waals surface area contributed by atoms with E-state index in [0.717, 1.165) is 0 Å². The molecule has 1 aromatic rings.